The fourth-order valence-corrected chi connectivity index (χ4v) is 4.49. The third-order valence-electron chi connectivity index (χ3n) is 4.88. The van der Waals surface area contributed by atoms with Crippen LogP contribution in [0.3, 0.4) is 0 Å². The average molecular weight is 448 g/mol. The maximum atomic E-state index is 12.7. The van der Waals surface area contributed by atoms with E-state index in [-0.39, 0.29) is 24.3 Å². The van der Waals surface area contributed by atoms with Crippen LogP contribution in [0.15, 0.2) is 51.6 Å². The van der Waals surface area contributed by atoms with Crippen LogP contribution in [0.4, 0.5) is 0 Å². The van der Waals surface area contributed by atoms with Gasteiger partial charge in [-0.2, -0.15) is 0 Å². The molecule has 2 heterocycles. The van der Waals surface area contributed by atoms with E-state index in [9.17, 15) is 9.59 Å². The molecule has 1 aromatic carbocycles. The van der Waals surface area contributed by atoms with Crippen molar-refractivity contribution >= 4 is 40.3 Å². The molecule has 0 spiro atoms. The molecule has 1 aromatic rings. The minimum Gasteiger partial charge on any atom is -0.355 e. The molecule has 9 heteroatoms. The fourth-order valence-electron chi connectivity index (χ4n) is 3.40. The second-order valence-corrected chi connectivity index (χ2v) is 8.63. The van der Waals surface area contributed by atoms with E-state index >= 15 is 0 Å². The SMILES string of the molecule is CNC(=O)C1=C(C)N=C2SC=C(CC(=O)NCCN(C)C)N2C1c1ccc(Cl)cc1. The zero-order valence-corrected chi connectivity index (χ0v) is 19.1. The summed E-state index contributed by atoms with van der Waals surface area (Å²) in [5.41, 5.74) is 2.95. The van der Waals surface area contributed by atoms with Crippen molar-refractivity contribution in [3.05, 3.63) is 57.2 Å². The van der Waals surface area contributed by atoms with Gasteiger partial charge < -0.3 is 20.4 Å². The summed E-state index contributed by atoms with van der Waals surface area (Å²) in [6.45, 7) is 3.19. The lowest BCUT2D eigenvalue weighted by atomic mass is 9.93. The topological polar surface area (TPSA) is 77.0 Å². The number of thioether (sulfide) groups is 1. The molecule has 0 saturated carbocycles. The Kier molecular flexibility index (Phi) is 7.23. The predicted molar refractivity (Wildman–Crippen MR) is 122 cm³/mol. The number of allylic oxidation sites excluding steroid dienone is 1. The first-order valence-electron chi connectivity index (χ1n) is 9.65. The number of rotatable bonds is 7. The Labute approximate surface area is 186 Å². The van der Waals surface area contributed by atoms with Crippen LogP contribution < -0.4 is 10.6 Å². The Balaban J connectivity index is 1.90. The molecule has 0 aromatic heterocycles. The molecule has 0 fully saturated rings. The van der Waals surface area contributed by atoms with Gasteiger partial charge in [-0.05, 0) is 44.1 Å². The molecule has 2 N–H and O–H groups in total. The molecule has 2 amide bonds. The van der Waals surface area contributed by atoms with Crippen molar-refractivity contribution in [2.75, 3.05) is 34.2 Å². The van der Waals surface area contributed by atoms with Gasteiger partial charge in [0.05, 0.1) is 23.7 Å². The van der Waals surface area contributed by atoms with Crippen LogP contribution in [0, 0.1) is 0 Å². The zero-order chi connectivity index (χ0) is 21.8. The second kappa shape index (κ2) is 9.68. The van der Waals surface area contributed by atoms with Gasteiger partial charge >= 0.3 is 0 Å². The Morgan fingerprint density at radius 1 is 1.27 bits per heavy atom. The molecule has 2 aliphatic rings. The van der Waals surface area contributed by atoms with E-state index in [2.05, 4.69) is 15.6 Å². The van der Waals surface area contributed by atoms with Crippen molar-refractivity contribution in [1.82, 2.24) is 20.4 Å². The first-order chi connectivity index (χ1) is 14.3. The molecule has 0 bridgehead atoms. The summed E-state index contributed by atoms with van der Waals surface area (Å²) >= 11 is 7.55. The molecule has 30 heavy (non-hydrogen) atoms. The normalized spacial score (nSPS) is 18.2. The summed E-state index contributed by atoms with van der Waals surface area (Å²) in [5, 5.41) is 8.99. The van der Waals surface area contributed by atoms with Gasteiger partial charge in [-0.1, -0.05) is 35.5 Å². The number of hydrogen-bond donors (Lipinski definition) is 2. The number of carbonyl (C=O) groups excluding carboxylic acids is 2. The van der Waals surface area contributed by atoms with E-state index in [0.717, 1.165) is 23.0 Å². The molecule has 160 valence electrons. The molecular formula is C21H26ClN5O2S. The second-order valence-electron chi connectivity index (χ2n) is 7.35. The minimum absolute atomic E-state index is 0.0624. The van der Waals surface area contributed by atoms with E-state index < -0.39 is 0 Å². The Morgan fingerprint density at radius 3 is 2.60 bits per heavy atom. The van der Waals surface area contributed by atoms with Crippen LogP contribution in [-0.4, -0.2) is 61.0 Å². The highest BCUT2D eigenvalue weighted by atomic mass is 35.5. The number of carbonyl (C=O) groups is 2. The molecule has 1 unspecified atom stereocenters. The van der Waals surface area contributed by atoms with Crippen LogP contribution in [0.5, 0.6) is 0 Å². The van der Waals surface area contributed by atoms with Crippen LogP contribution in [-0.2, 0) is 9.59 Å². The number of nitrogens with zero attached hydrogens (tertiary/aromatic N) is 3. The summed E-state index contributed by atoms with van der Waals surface area (Å²) in [7, 11) is 5.53. The van der Waals surface area contributed by atoms with Gasteiger partial charge in [0.25, 0.3) is 5.91 Å². The van der Waals surface area contributed by atoms with E-state index in [1.165, 1.54) is 11.8 Å². The average Bonchev–Trinajstić information content (AvgIpc) is 3.08. The lowest BCUT2D eigenvalue weighted by molar-refractivity contribution is -0.120. The highest BCUT2D eigenvalue weighted by Crippen LogP contribution is 2.44. The van der Waals surface area contributed by atoms with Crippen molar-refractivity contribution < 1.29 is 9.59 Å². The Hall–Kier alpha value is -2.29. The van der Waals surface area contributed by atoms with Gasteiger partial charge in [0.1, 0.15) is 0 Å². The number of fused-ring (bicyclic) bond motifs is 1. The highest BCUT2D eigenvalue weighted by molar-refractivity contribution is 8.16. The van der Waals surface area contributed by atoms with Gasteiger partial charge in [-0.15, -0.1) is 0 Å². The van der Waals surface area contributed by atoms with Crippen LogP contribution in [0.25, 0.3) is 0 Å². The number of nitrogens with one attached hydrogen (secondary N) is 2. The molecule has 7 nitrogen and oxygen atoms in total. The van der Waals surface area contributed by atoms with E-state index in [0.29, 0.717) is 22.8 Å². The largest absolute Gasteiger partial charge is 0.355 e. The monoisotopic (exact) mass is 447 g/mol. The van der Waals surface area contributed by atoms with Gasteiger partial charge in [0, 0.05) is 30.9 Å². The fraction of sp³-hybridized carbons (Fsp3) is 0.381. The summed E-state index contributed by atoms with van der Waals surface area (Å²) < 4.78 is 0. The van der Waals surface area contributed by atoms with Crippen molar-refractivity contribution in [2.24, 2.45) is 4.99 Å². The van der Waals surface area contributed by atoms with Crippen molar-refractivity contribution in [2.45, 2.75) is 19.4 Å². The molecule has 0 radical (unpaired) electrons. The number of likely N-dealkylation sites (N-methyl/N-ethyl adjacent to an activating group) is 2. The first kappa shape index (κ1) is 22.4. The minimum atomic E-state index is -0.384. The Bertz CT molecular complexity index is 924. The number of amides is 2. The maximum absolute atomic E-state index is 12.7. The van der Waals surface area contributed by atoms with Crippen LogP contribution in [0.2, 0.25) is 5.02 Å². The van der Waals surface area contributed by atoms with Crippen LogP contribution >= 0.6 is 23.4 Å². The molecular weight excluding hydrogens is 422 g/mol. The van der Waals surface area contributed by atoms with E-state index in [1.54, 1.807) is 19.2 Å². The summed E-state index contributed by atoms with van der Waals surface area (Å²) in [5.74, 6) is -0.255. The molecule has 3 rings (SSSR count). The van der Waals surface area contributed by atoms with Crippen LogP contribution in [0.1, 0.15) is 24.9 Å². The smallest absolute Gasteiger partial charge is 0.251 e. The van der Waals surface area contributed by atoms with Gasteiger partial charge in [0.2, 0.25) is 5.91 Å². The third-order valence-corrected chi connectivity index (χ3v) is 6.02. The lowest BCUT2D eigenvalue weighted by Gasteiger charge is -2.36. The van der Waals surface area contributed by atoms with Gasteiger partial charge in [-0.25, -0.2) is 4.99 Å². The van der Waals surface area contributed by atoms with Crippen molar-refractivity contribution in [1.29, 1.82) is 0 Å². The quantitative estimate of drug-likeness (QED) is 0.672. The molecule has 0 aliphatic carbocycles. The van der Waals surface area contributed by atoms with Gasteiger partial charge in [-0.3, -0.25) is 9.59 Å². The zero-order valence-electron chi connectivity index (χ0n) is 17.5. The number of hydrogen-bond acceptors (Lipinski definition) is 6. The molecule has 2 aliphatic heterocycles. The number of halogens is 1. The van der Waals surface area contributed by atoms with E-state index in [4.69, 9.17) is 11.6 Å². The number of benzene rings is 1. The molecule has 0 saturated heterocycles. The number of amidine groups is 1. The lowest BCUT2D eigenvalue weighted by Crippen LogP contribution is -2.40. The summed E-state index contributed by atoms with van der Waals surface area (Å²) in [4.78, 5) is 33.9. The van der Waals surface area contributed by atoms with Crippen molar-refractivity contribution in [3.63, 3.8) is 0 Å². The maximum Gasteiger partial charge on any atom is 0.251 e. The summed E-state index contributed by atoms with van der Waals surface area (Å²) in [6, 6.07) is 7.04. The predicted octanol–water partition coefficient (Wildman–Crippen LogP) is 2.73. The standard InChI is InChI=1S/C21H26ClN5O2S/c1-13-18(20(29)23-2)19(14-5-7-15(22)8-6-14)27-16(12-30-21(27)25-13)11-17(28)24-9-10-26(3)4/h5-8,12,19H,9-11H2,1-4H3,(H,23,29)(H,24,28). The molecule has 1 atom stereocenters. The summed E-state index contributed by atoms with van der Waals surface area (Å²) in [6.07, 6.45) is 0.212. The third kappa shape index (κ3) is 4.88. The van der Waals surface area contributed by atoms with Crippen molar-refractivity contribution in [3.8, 4) is 0 Å². The highest BCUT2D eigenvalue weighted by Gasteiger charge is 2.40. The van der Waals surface area contributed by atoms with Gasteiger partial charge in [0.15, 0.2) is 5.17 Å². The first-order valence-corrected chi connectivity index (χ1v) is 10.9. The van der Waals surface area contributed by atoms with E-state index in [1.807, 2.05) is 48.4 Å². The Morgan fingerprint density at radius 2 is 1.97 bits per heavy atom. The number of aliphatic imine (C=N–C) groups is 1.